The Labute approximate surface area is 118 Å². The average molecular weight is 271 g/mol. The van der Waals surface area contributed by atoms with E-state index in [2.05, 4.69) is 44.8 Å². The van der Waals surface area contributed by atoms with Crippen LogP contribution < -0.4 is 11.2 Å². The zero-order chi connectivity index (χ0) is 14.9. The fourth-order valence-electron chi connectivity index (χ4n) is 2.48. The predicted octanol–water partition coefficient (Wildman–Crippen LogP) is 2.43. The monoisotopic (exact) mass is 271 g/mol. The Morgan fingerprint density at radius 2 is 1.80 bits per heavy atom. The maximum Gasteiger partial charge on any atom is 0.326 e. The summed E-state index contributed by atoms with van der Waals surface area (Å²) in [5.74, 6) is 0. The minimum absolute atomic E-state index is 0.150. The van der Waals surface area contributed by atoms with Gasteiger partial charge >= 0.3 is 5.69 Å². The highest BCUT2D eigenvalue weighted by atomic mass is 16.1. The van der Waals surface area contributed by atoms with Crippen molar-refractivity contribution in [2.75, 3.05) is 0 Å². The summed E-state index contributed by atoms with van der Waals surface area (Å²) >= 11 is 0. The van der Waals surface area contributed by atoms with Crippen molar-refractivity contribution in [3.05, 3.63) is 56.6 Å². The summed E-state index contributed by atoms with van der Waals surface area (Å²) in [5.41, 5.74) is 6.05. The van der Waals surface area contributed by atoms with E-state index in [1.807, 2.05) is 0 Å². The lowest BCUT2D eigenvalue weighted by Gasteiger charge is -2.09. The summed E-state index contributed by atoms with van der Waals surface area (Å²) in [5, 5.41) is 0. The van der Waals surface area contributed by atoms with Crippen molar-refractivity contribution in [2.24, 2.45) is 12.0 Å². The van der Waals surface area contributed by atoms with E-state index in [1.54, 1.807) is 17.8 Å². The van der Waals surface area contributed by atoms with Gasteiger partial charge in [0.25, 0.3) is 0 Å². The second-order valence-corrected chi connectivity index (χ2v) is 5.21. The van der Waals surface area contributed by atoms with E-state index in [0.29, 0.717) is 0 Å². The highest BCUT2D eigenvalue weighted by molar-refractivity contribution is 5.53. The molecule has 0 aliphatic carbocycles. The molecule has 4 nitrogen and oxygen atoms in total. The third-order valence-corrected chi connectivity index (χ3v) is 3.51. The van der Waals surface area contributed by atoms with Gasteiger partial charge < -0.3 is 4.98 Å². The number of aromatic nitrogens is 2. The van der Waals surface area contributed by atoms with E-state index in [9.17, 15) is 4.79 Å². The van der Waals surface area contributed by atoms with E-state index in [0.717, 1.165) is 34.3 Å². The molecular weight excluding hydrogens is 250 g/mol. The fraction of sp³-hybridized carbons (Fsp3) is 0.375. The van der Waals surface area contributed by atoms with E-state index < -0.39 is 0 Å². The zero-order valence-electron chi connectivity index (χ0n) is 12.7. The first-order chi connectivity index (χ1) is 9.43. The van der Waals surface area contributed by atoms with Gasteiger partial charge in [0.15, 0.2) is 0 Å². The minimum Gasteiger partial charge on any atom is -0.314 e. The highest BCUT2D eigenvalue weighted by Crippen LogP contribution is 2.24. The van der Waals surface area contributed by atoms with Crippen molar-refractivity contribution in [1.82, 2.24) is 9.55 Å². The maximum atomic E-state index is 11.8. The molecule has 0 aliphatic heterocycles. The number of nitrogens with one attached hydrogen (secondary N) is 1. The van der Waals surface area contributed by atoms with Gasteiger partial charge in [0.2, 0.25) is 0 Å². The van der Waals surface area contributed by atoms with Gasteiger partial charge in [0, 0.05) is 18.8 Å². The molecule has 106 valence electrons. The first-order valence-corrected chi connectivity index (χ1v) is 6.84. The largest absolute Gasteiger partial charge is 0.326 e. The van der Waals surface area contributed by atoms with Crippen molar-refractivity contribution in [1.29, 1.82) is 0 Å². The van der Waals surface area contributed by atoms with Gasteiger partial charge in [-0.25, -0.2) is 9.79 Å². The Balaban J connectivity index is 2.81. The van der Waals surface area contributed by atoms with E-state index in [-0.39, 0.29) is 5.69 Å². The third-order valence-electron chi connectivity index (χ3n) is 3.51. The molecule has 4 heteroatoms. The molecule has 0 fully saturated rings. The topological polar surface area (TPSA) is 50.1 Å². The molecule has 1 aromatic carbocycles. The minimum atomic E-state index is -0.150. The quantitative estimate of drug-likeness (QED) is 0.896. The smallest absolute Gasteiger partial charge is 0.314 e. The van der Waals surface area contributed by atoms with Crippen LogP contribution in [-0.2, 0) is 13.5 Å². The van der Waals surface area contributed by atoms with Crippen LogP contribution in [0.2, 0.25) is 0 Å². The number of benzene rings is 1. The number of hydrogen-bond acceptors (Lipinski definition) is 2. The molecule has 2 rings (SSSR count). The Bertz CT molecular complexity index is 743. The number of rotatable bonds is 2. The normalized spacial score (nSPS) is 11.9. The zero-order valence-corrected chi connectivity index (χ0v) is 12.7. The standard InChI is InChI=1S/C16H21N3O/c1-6-13-9-17-16(20)19(5)15(13)18-14-11(3)7-10(2)8-12(14)4/h7-9H,6H2,1-5H3,(H,17,20). The lowest BCUT2D eigenvalue weighted by Crippen LogP contribution is -2.35. The summed E-state index contributed by atoms with van der Waals surface area (Å²) in [4.78, 5) is 19.3. The second-order valence-electron chi connectivity index (χ2n) is 5.21. The SMILES string of the molecule is CCc1c[nH]c(=O)n(C)c1=Nc1c(C)cc(C)cc1C. The lowest BCUT2D eigenvalue weighted by molar-refractivity contribution is 0.736. The highest BCUT2D eigenvalue weighted by Gasteiger charge is 2.05. The molecule has 0 spiro atoms. The van der Waals surface area contributed by atoms with E-state index in [4.69, 9.17) is 4.99 Å². The molecule has 1 heterocycles. The van der Waals surface area contributed by atoms with Crippen LogP contribution in [0, 0.1) is 20.8 Å². The average Bonchev–Trinajstić information content (AvgIpc) is 2.38. The number of nitrogens with zero attached hydrogens (tertiary/aromatic N) is 2. The number of aromatic amines is 1. The number of aryl methyl sites for hydroxylation is 4. The van der Waals surface area contributed by atoms with Crippen molar-refractivity contribution in [2.45, 2.75) is 34.1 Å². The first-order valence-electron chi connectivity index (χ1n) is 6.84. The van der Waals surface area contributed by atoms with Gasteiger partial charge in [-0.05, 0) is 38.3 Å². The molecule has 20 heavy (non-hydrogen) atoms. The summed E-state index contributed by atoms with van der Waals surface area (Å²) in [6, 6.07) is 4.23. The molecule has 0 aliphatic rings. The maximum absolute atomic E-state index is 11.8. The van der Waals surface area contributed by atoms with Gasteiger partial charge in [-0.2, -0.15) is 0 Å². The molecule has 0 bridgehead atoms. The number of H-pyrrole nitrogens is 1. The van der Waals surface area contributed by atoms with Gasteiger partial charge in [0.1, 0.15) is 5.49 Å². The van der Waals surface area contributed by atoms with Crippen LogP contribution in [0.4, 0.5) is 5.69 Å². The van der Waals surface area contributed by atoms with Crippen LogP contribution in [0.3, 0.4) is 0 Å². The molecule has 1 N–H and O–H groups in total. The van der Waals surface area contributed by atoms with Crippen LogP contribution >= 0.6 is 0 Å². The predicted molar refractivity (Wildman–Crippen MR) is 81.3 cm³/mol. The number of hydrogen-bond donors (Lipinski definition) is 1. The Hall–Kier alpha value is -2.10. The Kier molecular flexibility index (Phi) is 3.93. The second kappa shape index (κ2) is 5.49. The molecule has 0 saturated carbocycles. The summed E-state index contributed by atoms with van der Waals surface area (Å²) < 4.78 is 1.57. The van der Waals surface area contributed by atoms with Crippen LogP contribution in [0.25, 0.3) is 0 Å². The van der Waals surface area contributed by atoms with Crippen LogP contribution in [0.1, 0.15) is 29.2 Å². The first kappa shape index (κ1) is 14.3. The molecule has 0 atom stereocenters. The third kappa shape index (κ3) is 2.59. The molecule has 1 aromatic heterocycles. The van der Waals surface area contributed by atoms with Crippen molar-refractivity contribution >= 4 is 5.69 Å². The summed E-state index contributed by atoms with van der Waals surface area (Å²) in [6.45, 7) is 8.24. The molecular formula is C16H21N3O. The van der Waals surface area contributed by atoms with E-state index >= 15 is 0 Å². The Morgan fingerprint density at radius 3 is 2.35 bits per heavy atom. The Morgan fingerprint density at radius 1 is 1.20 bits per heavy atom. The molecule has 0 saturated heterocycles. The molecule has 0 radical (unpaired) electrons. The van der Waals surface area contributed by atoms with Gasteiger partial charge in [-0.3, -0.25) is 4.57 Å². The summed E-state index contributed by atoms with van der Waals surface area (Å²) in [6.07, 6.45) is 2.58. The summed E-state index contributed by atoms with van der Waals surface area (Å²) in [7, 11) is 1.75. The van der Waals surface area contributed by atoms with Crippen molar-refractivity contribution in [3.8, 4) is 0 Å². The van der Waals surface area contributed by atoms with Crippen LogP contribution in [0.15, 0.2) is 28.1 Å². The van der Waals surface area contributed by atoms with Crippen LogP contribution in [0.5, 0.6) is 0 Å². The van der Waals surface area contributed by atoms with E-state index in [1.165, 1.54) is 5.56 Å². The molecule has 0 unspecified atom stereocenters. The molecule has 2 aromatic rings. The molecule has 0 amide bonds. The fourth-order valence-corrected chi connectivity index (χ4v) is 2.48. The van der Waals surface area contributed by atoms with Gasteiger partial charge in [0.05, 0.1) is 5.69 Å². The van der Waals surface area contributed by atoms with Crippen LogP contribution in [-0.4, -0.2) is 9.55 Å². The van der Waals surface area contributed by atoms with Gasteiger partial charge in [-0.15, -0.1) is 0 Å². The van der Waals surface area contributed by atoms with Crippen molar-refractivity contribution < 1.29 is 0 Å². The van der Waals surface area contributed by atoms with Gasteiger partial charge in [-0.1, -0.05) is 24.6 Å². The van der Waals surface area contributed by atoms with Crippen molar-refractivity contribution in [3.63, 3.8) is 0 Å². The lowest BCUT2D eigenvalue weighted by atomic mass is 10.1.